The Bertz CT molecular complexity index is 805. The van der Waals surface area contributed by atoms with Crippen molar-refractivity contribution in [3.05, 3.63) is 53.8 Å². The van der Waals surface area contributed by atoms with E-state index in [1.807, 2.05) is 12.1 Å². The van der Waals surface area contributed by atoms with E-state index in [4.69, 9.17) is 9.47 Å². The van der Waals surface area contributed by atoms with Crippen LogP contribution in [-0.2, 0) is 16.4 Å². The second-order valence-corrected chi connectivity index (χ2v) is 6.95. The summed E-state index contributed by atoms with van der Waals surface area (Å²) >= 11 is 0. The lowest BCUT2D eigenvalue weighted by atomic mass is 10.0. The number of para-hydroxylation sites is 1. The van der Waals surface area contributed by atoms with Gasteiger partial charge in [0.2, 0.25) is 10.0 Å². The maximum Gasteiger partial charge on any atom is 0.240 e. The van der Waals surface area contributed by atoms with Crippen molar-refractivity contribution >= 4 is 10.0 Å². The van der Waals surface area contributed by atoms with Crippen molar-refractivity contribution in [2.45, 2.75) is 17.4 Å². The molecule has 0 radical (unpaired) electrons. The summed E-state index contributed by atoms with van der Waals surface area (Å²) in [4.78, 5) is 0.0235. The Hall–Kier alpha value is -2.12. The molecule has 0 aromatic heterocycles. The van der Waals surface area contributed by atoms with Crippen molar-refractivity contribution in [3.63, 3.8) is 0 Å². The van der Waals surface area contributed by atoms with Crippen LogP contribution in [0.3, 0.4) is 0 Å². The Labute approximate surface area is 134 Å². The number of sulfonamides is 1. The Balaban J connectivity index is 1.78. The second-order valence-electron chi connectivity index (χ2n) is 5.24. The number of rotatable bonds is 4. The van der Waals surface area contributed by atoms with Gasteiger partial charge >= 0.3 is 0 Å². The van der Waals surface area contributed by atoms with Crippen LogP contribution in [0.5, 0.6) is 11.5 Å². The second kappa shape index (κ2) is 6.17. The number of fused-ring (bicyclic) bond motifs is 1. The first-order valence-electron chi connectivity index (χ1n) is 7.06. The molecule has 1 N–H and O–H groups in total. The highest BCUT2D eigenvalue weighted by molar-refractivity contribution is 7.89. The van der Waals surface area contributed by atoms with Gasteiger partial charge in [-0.1, -0.05) is 12.1 Å². The van der Waals surface area contributed by atoms with Crippen LogP contribution in [-0.4, -0.2) is 28.2 Å². The molecule has 0 saturated carbocycles. The minimum atomic E-state index is -3.72. The fourth-order valence-corrected chi connectivity index (χ4v) is 3.75. The minimum Gasteiger partial charge on any atom is -0.493 e. The Morgan fingerprint density at radius 2 is 1.96 bits per heavy atom. The zero-order valence-electron chi connectivity index (χ0n) is 12.5. The molecular weight excluding hydrogens is 321 g/mol. The van der Waals surface area contributed by atoms with Crippen molar-refractivity contribution < 1.29 is 22.3 Å². The molecule has 0 amide bonds. The molecule has 0 saturated heterocycles. The molecular formula is C16H16FNO4S. The number of ether oxygens (including phenoxy) is 2. The predicted molar refractivity (Wildman–Crippen MR) is 82.7 cm³/mol. The summed E-state index contributed by atoms with van der Waals surface area (Å²) in [5.41, 5.74) is 0.877. The molecule has 1 atom stereocenters. The van der Waals surface area contributed by atoms with E-state index < -0.39 is 21.9 Å². The van der Waals surface area contributed by atoms with Crippen LogP contribution in [0.2, 0.25) is 0 Å². The summed E-state index contributed by atoms with van der Waals surface area (Å²) in [5, 5.41) is 0. The lowest BCUT2D eigenvalue weighted by Gasteiger charge is -2.27. The molecule has 2 aromatic carbocycles. The number of nitrogens with one attached hydrogen (secondary N) is 1. The lowest BCUT2D eigenvalue weighted by molar-refractivity contribution is 0.240. The molecule has 122 valence electrons. The maximum absolute atomic E-state index is 12.9. The first kappa shape index (κ1) is 15.8. The van der Waals surface area contributed by atoms with E-state index in [1.165, 1.54) is 12.1 Å². The molecule has 0 unspecified atom stereocenters. The standard InChI is InChI=1S/C16H16FNO4S/c1-21-15-4-2-3-11-9-13(10-22-16(11)15)18-23(19,20)14-7-5-12(17)6-8-14/h2-8,13,18H,9-10H2,1H3/t13-/m1/s1. The Kier molecular flexibility index (Phi) is 4.23. The zero-order valence-corrected chi connectivity index (χ0v) is 13.3. The van der Waals surface area contributed by atoms with Crippen LogP contribution >= 0.6 is 0 Å². The topological polar surface area (TPSA) is 64.6 Å². The maximum atomic E-state index is 12.9. The van der Waals surface area contributed by atoms with Crippen LogP contribution in [0.15, 0.2) is 47.4 Å². The largest absolute Gasteiger partial charge is 0.493 e. The molecule has 0 fully saturated rings. The molecule has 1 aliphatic heterocycles. The van der Waals surface area contributed by atoms with E-state index in [0.29, 0.717) is 17.9 Å². The van der Waals surface area contributed by atoms with E-state index in [2.05, 4.69) is 4.72 Å². The summed E-state index contributed by atoms with van der Waals surface area (Å²) < 4.78 is 51.1. The number of benzene rings is 2. The number of halogens is 1. The smallest absolute Gasteiger partial charge is 0.240 e. The average Bonchev–Trinajstić information content (AvgIpc) is 2.54. The van der Waals surface area contributed by atoms with E-state index in [9.17, 15) is 12.8 Å². The third-order valence-corrected chi connectivity index (χ3v) is 5.16. The predicted octanol–water partition coefficient (Wildman–Crippen LogP) is 2.12. The fourth-order valence-electron chi connectivity index (χ4n) is 2.53. The summed E-state index contributed by atoms with van der Waals surface area (Å²) in [7, 11) is -2.16. The van der Waals surface area contributed by atoms with Gasteiger partial charge in [0.25, 0.3) is 0 Å². The van der Waals surface area contributed by atoms with Crippen LogP contribution in [0, 0.1) is 5.82 Å². The van der Waals surface area contributed by atoms with Crippen LogP contribution in [0.25, 0.3) is 0 Å². The molecule has 23 heavy (non-hydrogen) atoms. The molecule has 0 aliphatic carbocycles. The highest BCUT2D eigenvalue weighted by Gasteiger charge is 2.27. The van der Waals surface area contributed by atoms with Gasteiger partial charge in [0.1, 0.15) is 12.4 Å². The van der Waals surface area contributed by atoms with Crippen LogP contribution < -0.4 is 14.2 Å². The zero-order chi connectivity index (χ0) is 16.4. The van der Waals surface area contributed by atoms with Gasteiger partial charge in [-0.05, 0) is 42.3 Å². The van der Waals surface area contributed by atoms with Crippen molar-refractivity contribution in [2.24, 2.45) is 0 Å². The number of methoxy groups -OCH3 is 1. The monoisotopic (exact) mass is 337 g/mol. The van der Waals surface area contributed by atoms with Gasteiger partial charge in [-0.25, -0.2) is 17.5 Å². The summed E-state index contributed by atoms with van der Waals surface area (Å²) in [6.07, 6.45) is 0.493. The number of hydrogen-bond donors (Lipinski definition) is 1. The van der Waals surface area contributed by atoms with Gasteiger partial charge in [0.15, 0.2) is 11.5 Å². The number of hydrogen-bond acceptors (Lipinski definition) is 4. The normalized spacial score (nSPS) is 17.2. The van der Waals surface area contributed by atoms with E-state index >= 15 is 0 Å². The van der Waals surface area contributed by atoms with Crippen LogP contribution in [0.4, 0.5) is 4.39 Å². The quantitative estimate of drug-likeness (QED) is 0.928. The third-order valence-electron chi connectivity index (χ3n) is 3.62. The Morgan fingerprint density at radius 1 is 1.22 bits per heavy atom. The summed E-state index contributed by atoms with van der Waals surface area (Å²) in [5.74, 6) is 0.792. The van der Waals surface area contributed by atoms with Crippen LogP contribution in [0.1, 0.15) is 5.56 Å². The molecule has 0 bridgehead atoms. The summed E-state index contributed by atoms with van der Waals surface area (Å²) in [6, 6.07) is 9.80. The van der Waals surface area contributed by atoms with Gasteiger partial charge in [-0.15, -0.1) is 0 Å². The molecule has 1 aliphatic rings. The average molecular weight is 337 g/mol. The highest BCUT2D eigenvalue weighted by Crippen LogP contribution is 2.34. The van der Waals surface area contributed by atoms with Gasteiger partial charge in [-0.2, -0.15) is 0 Å². The lowest BCUT2D eigenvalue weighted by Crippen LogP contribution is -2.42. The molecule has 0 spiro atoms. The van der Waals surface area contributed by atoms with Gasteiger partial charge in [0.05, 0.1) is 18.0 Å². The van der Waals surface area contributed by atoms with Crippen molar-refractivity contribution in [1.29, 1.82) is 0 Å². The van der Waals surface area contributed by atoms with Gasteiger partial charge in [-0.3, -0.25) is 0 Å². The van der Waals surface area contributed by atoms with Crippen molar-refractivity contribution in [3.8, 4) is 11.5 Å². The van der Waals surface area contributed by atoms with Gasteiger partial charge in [0, 0.05) is 0 Å². The van der Waals surface area contributed by atoms with Crippen molar-refractivity contribution in [1.82, 2.24) is 4.72 Å². The highest BCUT2D eigenvalue weighted by atomic mass is 32.2. The Morgan fingerprint density at radius 3 is 2.65 bits per heavy atom. The molecule has 5 nitrogen and oxygen atoms in total. The van der Waals surface area contributed by atoms with Crippen molar-refractivity contribution in [2.75, 3.05) is 13.7 Å². The van der Waals surface area contributed by atoms with Gasteiger partial charge < -0.3 is 9.47 Å². The molecule has 3 rings (SSSR count). The van der Waals surface area contributed by atoms with E-state index in [-0.39, 0.29) is 11.5 Å². The first-order valence-corrected chi connectivity index (χ1v) is 8.54. The van der Waals surface area contributed by atoms with E-state index in [1.54, 1.807) is 13.2 Å². The summed E-state index contributed by atoms with van der Waals surface area (Å²) in [6.45, 7) is 0.202. The SMILES string of the molecule is COc1cccc2c1OC[C@H](NS(=O)(=O)c1ccc(F)cc1)C2. The van der Waals surface area contributed by atoms with E-state index in [0.717, 1.165) is 17.7 Å². The fraction of sp³-hybridized carbons (Fsp3) is 0.250. The molecule has 2 aromatic rings. The first-order chi connectivity index (χ1) is 11.0. The molecule has 1 heterocycles. The minimum absolute atomic E-state index is 0.0235. The third kappa shape index (κ3) is 3.30. The molecule has 7 heteroatoms.